The van der Waals surface area contributed by atoms with Crippen molar-refractivity contribution < 1.29 is 0 Å². The van der Waals surface area contributed by atoms with E-state index in [1.165, 1.54) is 10.8 Å². The number of nitrogens with zero attached hydrogens (tertiary/aromatic N) is 2. The molecule has 0 saturated heterocycles. The van der Waals surface area contributed by atoms with Gasteiger partial charge in [0, 0.05) is 10.8 Å². The van der Waals surface area contributed by atoms with Crippen LogP contribution in [0.25, 0.3) is 32.8 Å². The van der Waals surface area contributed by atoms with Gasteiger partial charge in [-0.3, -0.25) is 5.10 Å². The highest BCUT2D eigenvalue weighted by atomic mass is 15.3. The van der Waals surface area contributed by atoms with Gasteiger partial charge in [-0.15, -0.1) is 0 Å². The number of aromatic nitrogens is 4. The Hall–Kier alpha value is -2.36. The van der Waals surface area contributed by atoms with Gasteiger partial charge in [0.15, 0.2) is 0 Å². The van der Waals surface area contributed by atoms with Crippen LogP contribution in [0, 0.1) is 0 Å². The van der Waals surface area contributed by atoms with Crippen LogP contribution in [0.2, 0.25) is 0 Å². The summed E-state index contributed by atoms with van der Waals surface area (Å²) in [5, 5.41) is 12.2. The van der Waals surface area contributed by atoms with E-state index in [1.807, 2.05) is 24.3 Å². The first-order valence-electron chi connectivity index (χ1n) is 5.13. The van der Waals surface area contributed by atoms with Gasteiger partial charge in [-0.1, -0.05) is 18.2 Å². The van der Waals surface area contributed by atoms with Crippen molar-refractivity contribution in [3.63, 3.8) is 0 Å². The number of hydrogen-bond donors (Lipinski definition) is 2. The summed E-state index contributed by atoms with van der Waals surface area (Å²) < 4.78 is 0. The molecule has 4 rings (SSSR count). The number of fused-ring (bicyclic) bond motifs is 4. The fourth-order valence-electron chi connectivity index (χ4n) is 2.16. The molecule has 0 unspecified atom stereocenters. The summed E-state index contributed by atoms with van der Waals surface area (Å²) in [4.78, 5) is 4.58. The van der Waals surface area contributed by atoms with E-state index in [1.54, 1.807) is 0 Å². The Morgan fingerprint density at radius 1 is 0.875 bits per heavy atom. The number of hydrogen-bond acceptors (Lipinski definition) is 2. The highest BCUT2D eigenvalue weighted by molar-refractivity contribution is 6.10. The lowest BCUT2D eigenvalue weighted by molar-refractivity contribution is 0.959. The first-order valence-corrected chi connectivity index (χ1v) is 5.13. The SMILES string of the molecule is c1ccc2c(c1)nc1cc3n[nH][nH]c3cc12. The number of H-pyrrole nitrogens is 2. The monoisotopic (exact) mass is 208 g/mol. The van der Waals surface area contributed by atoms with E-state index in [-0.39, 0.29) is 0 Å². The lowest BCUT2D eigenvalue weighted by Gasteiger charge is -1.90. The Balaban J connectivity index is 2.32. The van der Waals surface area contributed by atoms with Gasteiger partial charge in [-0.25, -0.2) is 10.2 Å². The molecule has 0 aliphatic heterocycles. The van der Waals surface area contributed by atoms with E-state index >= 15 is 0 Å². The Morgan fingerprint density at radius 3 is 2.81 bits per heavy atom. The van der Waals surface area contributed by atoms with E-state index < -0.39 is 0 Å². The number of aromatic amines is 2. The van der Waals surface area contributed by atoms with Crippen LogP contribution in [0.5, 0.6) is 0 Å². The molecular formula is C12H8N4. The van der Waals surface area contributed by atoms with Crippen LogP contribution >= 0.6 is 0 Å². The minimum Gasteiger partial charge on any atom is -0.283 e. The van der Waals surface area contributed by atoms with Gasteiger partial charge in [0.2, 0.25) is 0 Å². The maximum Gasteiger partial charge on any atom is 0.112 e. The average Bonchev–Trinajstić information content (AvgIpc) is 2.88. The van der Waals surface area contributed by atoms with E-state index in [4.69, 9.17) is 0 Å². The zero-order valence-electron chi connectivity index (χ0n) is 8.36. The van der Waals surface area contributed by atoms with Crippen LogP contribution in [-0.2, 0) is 0 Å². The van der Waals surface area contributed by atoms with Crippen molar-refractivity contribution in [1.82, 2.24) is 20.4 Å². The highest BCUT2D eigenvalue weighted by Crippen LogP contribution is 2.27. The zero-order valence-corrected chi connectivity index (χ0v) is 8.36. The molecule has 0 amide bonds. The second-order valence-corrected chi connectivity index (χ2v) is 3.86. The molecule has 2 heterocycles. The second kappa shape index (κ2) is 2.61. The topological polar surface area (TPSA) is 57.4 Å². The first kappa shape index (κ1) is 7.87. The first-order chi connectivity index (χ1) is 7.92. The predicted molar refractivity (Wildman–Crippen MR) is 63.3 cm³/mol. The van der Waals surface area contributed by atoms with Gasteiger partial charge in [-0.05, 0) is 18.2 Å². The summed E-state index contributed by atoms with van der Waals surface area (Å²) in [7, 11) is 0. The minimum absolute atomic E-state index is 0.912. The molecule has 0 bridgehead atoms. The van der Waals surface area contributed by atoms with Crippen LogP contribution in [0.3, 0.4) is 0 Å². The summed E-state index contributed by atoms with van der Waals surface area (Å²) in [5.41, 5.74) is 3.95. The normalized spacial score (nSPS) is 11.8. The van der Waals surface area contributed by atoms with Crippen molar-refractivity contribution in [1.29, 1.82) is 0 Å². The predicted octanol–water partition coefficient (Wildman–Crippen LogP) is 2.59. The molecule has 2 N–H and O–H groups in total. The lowest BCUT2D eigenvalue weighted by atomic mass is 10.1. The zero-order chi connectivity index (χ0) is 10.5. The van der Waals surface area contributed by atoms with Gasteiger partial charge >= 0.3 is 0 Å². The Kier molecular flexibility index (Phi) is 1.28. The standard InChI is InChI=1S/C12H8N4/c1-2-4-9-7(3-1)8-5-11-12(15-16-14-11)6-10(8)13-9/h1-6,14,16H. The van der Waals surface area contributed by atoms with Crippen molar-refractivity contribution in [2.75, 3.05) is 0 Å². The minimum atomic E-state index is 0.912. The number of rotatable bonds is 0. The molecule has 0 aliphatic carbocycles. The molecule has 0 saturated carbocycles. The van der Waals surface area contributed by atoms with Gasteiger partial charge in [0.25, 0.3) is 0 Å². The molecule has 4 aromatic rings. The lowest BCUT2D eigenvalue weighted by Crippen LogP contribution is -1.71. The van der Waals surface area contributed by atoms with Gasteiger partial charge in [0.05, 0.1) is 16.6 Å². The number of benzene rings is 2. The van der Waals surface area contributed by atoms with E-state index in [0.29, 0.717) is 0 Å². The summed E-state index contributed by atoms with van der Waals surface area (Å²) in [6.45, 7) is 0. The fourth-order valence-corrected chi connectivity index (χ4v) is 2.16. The smallest absolute Gasteiger partial charge is 0.112 e. The maximum absolute atomic E-state index is 4.58. The number of para-hydroxylation sites is 1. The Labute approximate surface area is 90.3 Å². The third kappa shape index (κ3) is 0.883. The molecule has 0 spiro atoms. The van der Waals surface area contributed by atoms with Crippen molar-refractivity contribution in [2.24, 2.45) is 0 Å². The molecule has 0 fully saturated rings. The molecule has 4 nitrogen and oxygen atoms in total. The Bertz CT molecular complexity index is 809. The summed E-state index contributed by atoms with van der Waals surface area (Å²) in [5.74, 6) is 0. The quantitative estimate of drug-likeness (QED) is 0.466. The third-order valence-electron chi connectivity index (χ3n) is 2.92. The van der Waals surface area contributed by atoms with Gasteiger partial charge < -0.3 is 0 Å². The fraction of sp³-hybridized carbons (Fsp3) is 0. The second-order valence-electron chi connectivity index (χ2n) is 3.86. The van der Waals surface area contributed by atoms with Crippen LogP contribution in [0.15, 0.2) is 36.4 Å². The maximum atomic E-state index is 4.58. The van der Waals surface area contributed by atoms with Crippen LogP contribution < -0.4 is 0 Å². The van der Waals surface area contributed by atoms with Crippen molar-refractivity contribution in [2.45, 2.75) is 0 Å². The average molecular weight is 208 g/mol. The van der Waals surface area contributed by atoms with Crippen molar-refractivity contribution >= 4 is 32.8 Å². The van der Waals surface area contributed by atoms with Gasteiger partial charge in [0.1, 0.15) is 5.52 Å². The highest BCUT2D eigenvalue weighted by Gasteiger charge is 2.07. The molecule has 0 aliphatic rings. The van der Waals surface area contributed by atoms with Gasteiger partial charge in [-0.2, -0.15) is 5.10 Å². The van der Waals surface area contributed by atoms with Crippen molar-refractivity contribution in [3.8, 4) is 0 Å². The molecule has 4 heteroatoms. The Morgan fingerprint density at radius 2 is 1.81 bits per heavy atom. The van der Waals surface area contributed by atoms with E-state index in [9.17, 15) is 0 Å². The number of nitrogens with one attached hydrogen (secondary N) is 2. The van der Waals surface area contributed by atoms with Crippen LogP contribution in [0.4, 0.5) is 0 Å². The third-order valence-corrected chi connectivity index (χ3v) is 2.92. The molecule has 0 radical (unpaired) electrons. The van der Waals surface area contributed by atoms with Crippen LogP contribution in [0.1, 0.15) is 0 Å². The largest absolute Gasteiger partial charge is 0.283 e. The molecule has 2 aromatic carbocycles. The molecular weight excluding hydrogens is 200 g/mol. The molecule has 0 atom stereocenters. The van der Waals surface area contributed by atoms with E-state index in [2.05, 4.69) is 32.5 Å². The van der Waals surface area contributed by atoms with Crippen molar-refractivity contribution in [3.05, 3.63) is 36.4 Å². The molecule has 2 aromatic heterocycles. The molecule has 76 valence electrons. The summed E-state index contributed by atoms with van der Waals surface area (Å²) in [6.07, 6.45) is 0. The summed E-state index contributed by atoms with van der Waals surface area (Å²) in [6, 6.07) is 12.2. The van der Waals surface area contributed by atoms with Crippen LogP contribution in [-0.4, -0.2) is 20.4 Å². The summed E-state index contributed by atoms with van der Waals surface area (Å²) >= 11 is 0. The van der Waals surface area contributed by atoms with E-state index in [0.717, 1.165) is 22.1 Å². The molecule has 16 heavy (non-hydrogen) atoms.